The van der Waals surface area contributed by atoms with E-state index in [1.165, 1.54) is 11.3 Å². The smallest absolute Gasteiger partial charge is 0.358 e. The summed E-state index contributed by atoms with van der Waals surface area (Å²) in [6.07, 6.45) is 0. The second kappa shape index (κ2) is 8.64. The van der Waals surface area contributed by atoms with Crippen molar-refractivity contribution in [3.8, 4) is 22.4 Å². The van der Waals surface area contributed by atoms with E-state index < -0.39 is 24.0 Å². The minimum Gasteiger partial charge on any atom is -0.497 e. The second-order valence-corrected chi connectivity index (χ2v) is 7.22. The van der Waals surface area contributed by atoms with Crippen LogP contribution in [0.5, 0.6) is 5.75 Å². The summed E-state index contributed by atoms with van der Waals surface area (Å²) in [5, 5.41) is 14.0. The summed E-state index contributed by atoms with van der Waals surface area (Å²) in [4.78, 5) is 28.3. The molecule has 0 unspecified atom stereocenters. The van der Waals surface area contributed by atoms with Crippen LogP contribution in [0.15, 0.2) is 29.6 Å². The van der Waals surface area contributed by atoms with E-state index in [9.17, 15) is 14.9 Å². The van der Waals surface area contributed by atoms with Crippen molar-refractivity contribution in [3.05, 3.63) is 35.3 Å². The van der Waals surface area contributed by atoms with E-state index in [1.807, 2.05) is 26.0 Å². The number of rotatable bonds is 7. The maximum absolute atomic E-state index is 12.1. The molecule has 0 spiro atoms. The Morgan fingerprint density at radius 2 is 2.00 bits per heavy atom. The highest BCUT2D eigenvalue weighted by atomic mass is 32.1. The van der Waals surface area contributed by atoms with Crippen molar-refractivity contribution in [2.24, 2.45) is 5.92 Å². The predicted molar refractivity (Wildman–Crippen MR) is 101 cm³/mol. The minimum atomic E-state index is -1.02. The van der Waals surface area contributed by atoms with Crippen molar-refractivity contribution in [3.63, 3.8) is 0 Å². The lowest BCUT2D eigenvalue weighted by atomic mass is 9.90. The van der Waals surface area contributed by atoms with Gasteiger partial charge in [-0.3, -0.25) is 4.79 Å². The third kappa shape index (κ3) is 5.05. The molecule has 2 rings (SSSR count). The lowest BCUT2D eigenvalue weighted by Crippen LogP contribution is -2.50. The van der Waals surface area contributed by atoms with E-state index >= 15 is 0 Å². The number of nitrogens with one attached hydrogen (secondary N) is 1. The number of hydrogen-bond donors (Lipinski definition) is 1. The third-order valence-corrected chi connectivity index (χ3v) is 5.06. The third-order valence-electron chi connectivity index (χ3n) is 4.17. The molecule has 1 N–H and O–H groups in total. The van der Waals surface area contributed by atoms with Gasteiger partial charge in [-0.2, -0.15) is 5.26 Å². The molecule has 27 heavy (non-hydrogen) atoms. The van der Waals surface area contributed by atoms with E-state index in [0.717, 1.165) is 11.3 Å². The standard InChI is InChI=1S/C19H21N3O4S/c1-12(2)19(3,11-20)22-16(23)9-26-18(24)15-10-27-17(21-15)13-5-7-14(25-4)8-6-13/h5-8,10,12H,9H2,1-4H3,(H,22,23)/t19-/m0/s1. The van der Waals surface area contributed by atoms with Gasteiger partial charge in [0.05, 0.1) is 13.2 Å². The fourth-order valence-electron chi connectivity index (χ4n) is 2.07. The summed E-state index contributed by atoms with van der Waals surface area (Å²) in [7, 11) is 1.59. The van der Waals surface area contributed by atoms with Gasteiger partial charge in [0.15, 0.2) is 12.3 Å². The predicted octanol–water partition coefficient (Wildman–Crippen LogP) is 3.03. The Morgan fingerprint density at radius 3 is 2.56 bits per heavy atom. The molecule has 0 saturated carbocycles. The Morgan fingerprint density at radius 1 is 1.33 bits per heavy atom. The Kier molecular flexibility index (Phi) is 6.53. The quantitative estimate of drug-likeness (QED) is 0.733. The summed E-state index contributed by atoms with van der Waals surface area (Å²) in [5.41, 5.74) is -0.0455. The van der Waals surface area contributed by atoms with E-state index in [-0.39, 0.29) is 11.6 Å². The van der Waals surface area contributed by atoms with E-state index in [2.05, 4.69) is 16.4 Å². The van der Waals surface area contributed by atoms with Crippen molar-refractivity contribution in [1.29, 1.82) is 5.26 Å². The Hall–Kier alpha value is -2.92. The van der Waals surface area contributed by atoms with Crippen molar-refractivity contribution in [2.75, 3.05) is 13.7 Å². The van der Waals surface area contributed by atoms with Crippen LogP contribution in [0.4, 0.5) is 0 Å². The number of methoxy groups -OCH3 is 1. The highest BCUT2D eigenvalue weighted by Crippen LogP contribution is 2.26. The SMILES string of the molecule is COc1ccc(-c2nc(C(=O)OCC(=O)N[C@@](C)(C#N)C(C)C)cs2)cc1. The van der Waals surface area contributed by atoms with Crippen LogP contribution in [0.25, 0.3) is 10.6 Å². The Bertz CT molecular complexity index is 855. The van der Waals surface area contributed by atoms with Crippen LogP contribution < -0.4 is 10.1 Å². The average molecular weight is 387 g/mol. The van der Waals surface area contributed by atoms with Gasteiger partial charge < -0.3 is 14.8 Å². The van der Waals surface area contributed by atoms with Crippen LogP contribution in [0.3, 0.4) is 0 Å². The topological polar surface area (TPSA) is 101 Å². The number of aromatic nitrogens is 1. The minimum absolute atomic E-state index is 0.0900. The van der Waals surface area contributed by atoms with Gasteiger partial charge in [-0.1, -0.05) is 13.8 Å². The van der Waals surface area contributed by atoms with Crippen molar-refractivity contribution < 1.29 is 19.1 Å². The summed E-state index contributed by atoms with van der Waals surface area (Å²) in [6, 6.07) is 9.36. The molecule has 0 radical (unpaired) electrons. The normalized spacial score (nSPS) is 12.7. The molecule has 1 atom stereocenters. The number of amides is 1. The van der Waals surface area contributed by atoms with Gasteiger partial charge in [0.2, 0.25) is 0 Å². The van der Waals surface area contributed by atoms with Gasteiger partial charge in [0.1, 0.15) is 16.3 Å². The molecule has 1 heterocycles. The van der Waals surface area contributed by atoms with Crippen LogP contribution in [0.1, 0.15) is 31.3 Å². The van der Waals surface area contributed by atoms with Crippen LogP contribution in [0, 0.1) is 17.2 Å². The van der Waals surface area contributed by atoms with Crippen LogP contribution in [-0.2, 0) is 9.53 Å². The summed E-state index contributed by atoms with van der Waals surface area (Å²) >= 11 is 1.30. The number of esters is 1. The highest BCUT2D eigenvalue weighted by Gasteiger charge is 2.30. The maximum Gasteiger partial charge on any atom is 0.358 e. The molecule has 1 amide bonds. The summed E-state index contributed by atoms with van der Waals surface area (Å²) in [6.45, 7) is 4.80. The largest absolute Gasteiger partial charge is 0.497 e. The monoisotopic (exact) mass is 387 g/mol. The van der Waals surface area contributed by atoms with Gasteiger partial charge in [-0.15, -0.1) is 11.3 Å². The molecule has 0 aliphatic carbocycles. The molecule has 2 aromatic rings. The number of nitrogens with zero attached hydrogens (tertiary/aromatic N) is 2. The molecular formula is C19H21N3O4S. The Balaban J connectivity index is 1.96. The zero-order valence-corrected chi connectivity index (χ0v) is 16.4. The van der Waals surface area contributed by atoms with Gasteiger partial charge in [0.25, 0.3) is 5.91 Å². The molecule has 8 heteroatoms. The van der Waals surface area contributed by atoms with Crippen molar-refractivity contribution >= 4 is 23.2 Å². The molecule has 0 fully saturated rings. The lowest BCUT2D eigenvalue weighted by molar-refractivity contribution is -0.125. The first-order valence-electron chi connectivity index (χ1n) is 8.28. The zero-order chi connectivity index (χ0) is 20.0. The molecule has 0 bridgehead atoms. The first kappa shape index (κ1) is 20.4. The average Bonchev–Trinajstić information content (AvgIpc) is 3.16. The van der Waals surface area contributed by atoms with Crippen molar-refractivity contribution in [1.82, 2.24) is 10.3 Å². The summed E-state index contributed by atoms with van der Waals surface area (Å²) in [5.74, 6) is -0.587. The van der Waals surface area contributed by atoms with E-state index in [1.54, 1.807) is 31.5 Å². The number of ether oxygens (including phenoxy) is 2. The van der Waals surface area contributed by atoms with E-state index in [4.69, 9.17) is 9.47 Å². The number of benzene rings is 1. The van der Waals surface area contributed by atoms with Crippen molar-refractivity contribution in [2.45, 2.75) is 26.3 Å². The first-order valence-corrected chi connectivity index (χ1v) is 9.16. The highest BCUT2D eigenvalue weighted by molar-refractivity contribution is 7.13. The molecule has 0 aliphatic heterocycles. The maximum atomic E-state index is 12.1. The van der Waals surface area contributed by atoms with Gasteiger partial charge >= 0.3 is 5.97 Å². The first-order chi connectivity index (χ1) is 12.8. The number of nitriles is 1. The molecule has 7 nitrogen and oxygen atoms in total. The molecular weight excluding hydrogens is 366 g/mol. The Labute approximate surface area is 161 Å². The van der Waals surface area contributed by atoms with Crippen LogP contribution in [0.2, 0.25) is 0 Å². The van der Waals surface area contributed by atoms with Crippen LogP contribution >= 0.6 is 11.3 Å². The number of hydrogen-bond acceptors (Lipinski definition) is 7. The zero-order valence-electron chi connectivity index (χ0n) is 15.6. The van der Waals surface area contributed by atoms with E-state index in [0.29, 0.717) is 5.01 Å². The second-order valence-electron chi connectivity index (χ2n) is 6.36. The lowest BCUT2D eigenvalue weighted by Gasteiger charge is -2.27. The molecule has 1 aromatic carbocycles. The number of thiazole rings is 1. The van der Waals surface area contributed by atoms with Gasteiger partial charge in [-0.25, -0.2) is 9.78 Å². The van der Waals surface area contributed by atoms with Gasteiger partial charge in [0, 0.05) is 10.9 Å². The molecule has 1 aromatic heterocycles. The molecule has 0 saturated heterocycles. The molecule has 0 aliphatic rings. The van der Waals surface area contributed by atoms with Gasteiger partial charge in [-0.05, 0) is 37.1 Å². The number of carbonyl (C=O) groups excluding carboxylic acids is 2. The van der Waals surface area contributed by atoms with Crippen LogP contribution in [-0.4, -0.2) is 36.1 Å². The fourth-order valence-corrected chi connectivity index (χ4v) is 2.86. The molecule has 142 valence electrons. The fraction of sp³-hybridized carbons (Fsp3) is 0.368. The number of carbonyl (C=O) groups is 2. The summed E-state index contributed by atoms with van der Waals surface area (Å²) < 4.78 is 10.1.